The topological polar surface area (TPSA) is 93.8 Å². The van der Waals surface area contributed by atoms with Crippen LogP contribution in [0.5, 0.6) is 5.75 Å². The first-order valence-electron chi connectivity index (χ1n) is 8.02. The van der Waals surface area contributed by atoms with E-state index < -0.39 is 4.92 Å². The number of hydrogen-bond donors (Lipinski definition) is 1. The summed E-state index contributed by atoms with van der Waals surface area (Å²) in [6, 6.07) is 10.8. The van der Waals surface area contributed by atoms with Crippen LogP contribution in [0.4, 0.5) is 5.69 Å². The van der Waals surface area contributed by atoms with Gasteiger partial charge >= 0.3 is 0 Å². The molecule has 1 amide bonds. The van der Waals surface area contributed by atoms with Crippen LogP contribution in [0.15, 0.2) is 47.6 Å². The molecule has 0 aliphatic rings. The molecule has 7 nitrogen and oxygen atoms in total. The van der Waals surface area contributed by atoms with Crippen molar-refractivity contribution in [3.05, 3.63) is 68.2 Å². The number of halogens is 2. The molecule has 0 fully saturated rings. The van der Waals surface area contributed by atoms with Gasteiger partial charge in [0, 0.05) is 23.6 Å². The SMILES string of the molecule is C/C(=N/NC(=O)CCCOc1ccc(Cl)cc1Cl)c1ccc([N+](=O)[O-])cc1. The third-order valence-corrected chi connectivity index (χ3v) is 4.07. The van der Waals surface area contributed by atoms with Crippen molar-refractivity contribution in [2.75, 3.05) is 6.61 Å². The van der Waals surface area contributed by atoms with Crippen LogP contribution >= 0.6 is 23.2 Å². The zero-order valence-electron chi connectivity index (χ0n) is 14.4. The number of amides is 1. The molecular formula is C18H17Cl2N3O4. The highest BCUT2D eigenvalue weighted by Crippen LogP contribution is 2.27. The number of hydrazone groups is 1. The Bertz CT molecular complexity index is 854. The lowest BCUT2D eigenvalue weighted by molar-refractivity contribution is -0.384. The van der Waals surface area contributed by atoms with E-state index in [1.54, 1.807) is 37.3 Å². The number of nitrogens with one attached hydrogen (secondary N) is 1. The predicted octanol–water partition coefficient (Wildman–Crippen LogP) is 4.60. The Hall–Kier alpha value is -2.64. The largest absolute Gasteiger partial charge is 0.492 e. The van der Waals surface area contributed by atoms with E-state index in [-0.39, 0.29) is 18.0 Å². The van der Waals surface area contributed by atoms with Gasteiger partial charge in [0.2, 0.25) is 5.91 Å². The fourth-order valence-corrected chi connectivity index (χ4v) is 2.56. The number of carbonyl (C=O) groups is 1. The van der Waals surface area contributed by atoms with Gasteiger partial charge < -0.3 is 4.74 Å². The Morgan fingerprint density at radius 1 is 1.22 bits per heavy atom. The summed E-state index contributed by atoms with van der Waals surface area (Å²) in [5, 5.41) is 15.6. The molecule has 0 atom stereocenters. The van der Waals surface area contributed by atoms with Crippen LogP contribution in [0.2, 0.25) is 10.0 Å². The van der Waals surface area contributed by atoms with Crippen LogP contribution in [0.25, 0.3) is 0 Å². The van der Waals surface area contributed by atoms with Crippen molar-refractivity contribution in [2.45, 2.75) is 19.8 Å². The van der Waals surface area contributed by atoms with E-state index in [1.165, 1.54) is 12.1 Å². The van der Waals surface area contributed by atoms with Gasteiger partial charge in [0.1, 0.15) is 5.75 Å². The second kappa shape index (κ2) is 9.89. The molecule has 0 aromatic heterocycles. The third-order valence-electron chi connectivity index (χ3n) is 3.54. The molecule has 0 saturated carbocycles. The molecule has 0 radical (unpaired) electrons. The van der Waals surface area contributed by atoms with Gasteiger partial charge in [0.15, 0.2) is 0 Å². The minimum atomic E-state index is -0.475. The van der Waals surface area contributed by atoms with E-state index in [4.69, 9.17) is 27.9 Å². The third kappa shape index (κ3) is 6.54. The van der Waals surface area contributed by atoms with E-state index in [0.29, 0.717) is 40.1 Å². The maximum atomic E-state index is 11.8. The molecule has 27 heavy (non-hydrogen) atoms. The number of rotatable bonds is 8. The number of nitro benzene ring substituents is 1. The molecule has 2 rings (SSSR count). The molecule has 2 aromatic carbocycles. The van der Waals surface area contributed by atoms with Crippen molar-refractivity contribution in [2.24, 2.45) is 5.10 Å². The average molecular weight is 410 g/mol. The summed E-state index contributed by atoms with van der Waals surface area (Å²) in [5.74, 6) is 0.246. The highest BCUT2D eigenvalue weighted by molar-refractivity contribution is 6.35. The van der Waals surface area contributed by atoms with Crippen molar-refractivity contribution >= 4 is 40.5 Å². The van der Waals surface area contributed by atoms with Crippen LogP contribution < -0.4 is 10.2 Å². The summed E-state index contributed by atoms with van der Waals surface area (Å²) in [7, 11) is 0. The van der Waals surface area contributed by atoms with Gasteiger partial charge in [0.05, 0.1) is 22.3 Å². The second-order valence-corrected chi connectivity index (χ2v) is 6.41. The van der Waals surface area contributed by atoms with Gasteiger partial charge in [-0.1, -0.05) is 23.2 Å². The van der Waals surface area contributed by atoms with Crippen LogP contribution in [0.1, 0.15) is 25.3 Å². The zero-order valence-corrected chi connectivity index (χ0v) is 16.0. The van der Waals surface area contributed by atoms with Crippen molar-refractivity contribution in [1.82, 2.24) is 5.43 Å². The van der Waals surface area contributed by atoms with Crippen molar-refractivity contribution in [1.29, 1.82) is 0 Å². The Labute approximate surface area is 166 Å². The Morgan fingerprint density at radius 3 is 2.56 bits per heavy atom. The first-order chi connectivity index (χ1) is 12.9. The molecule has 0 bridgehead atoms. The number of ether oxygens (including phenoxy) is 1. The van der Waals surface area contributed by atoms with Gasteiger partial charge in [-0.15, -0.1) is 0 Å². The second-order valence-electron chi connectivity index (χ2n) is 5.56. The van der Waals surface area contributed by atoms with Gasteiger partial charge in [-0.25, -0.2) is 5.43 Å². The molecular weight excluding hydrogens is 393 g/mol. The molecule has 9 heteroatoms. The first-order valence-corrected chi connectivity index (χ1v) is 8.78. The summed E-state index contributed by atoms with van der Waals surface area (Å²) in [5.41, 5.74) is 3.67. The van der Waals surface area contributed by atoms with E-state index in [1.807, 2.05) is 0 Å². The van der Waals surface area contributed by atoms with Crippen LogP contribution in [0.3, 0.4) is 0 Å². The number of carbonyl (C=O) groups excluding carboxylic acids is 1. The number of non-ortho nitro benzene ring substituents is 1. The van der Waals surface area contributed by atoms with E-state index in [0.717, 1.165) is 0 Å². The first kappa shape index (κ1) is 20.7. The lowest BCUT2D eigenvalue weighted by atomic mass is 10.1. The summed E-state index contributed by atoms with van der Waals surface area (Å²) >= 11 is 11.8. The van der Waals surface area contributed by atoms with Gasteiger partial charge in [-0.2, -0.15) is 5.10 Å². The normalized spacial score (nSPS) is 11.1. The fourth-order valence-electron chi connectivity index (χ4n) is 2.10. The highest BCUT2D eigenvalue weighted by atomic mass is 35.5. The maximum absolute atomic E-state index is 11.8. The number of nitrogens with zero attached hydrogens (tertiary/aromatic N) is 2. The van der Waals surface area contributed by atoms with Crippen LogP contribution in [-0.4, -0.2) is 23.1 Å². The molecule has 0 aliphatic heterocycles. The quantitative estimate of drug-likeness (QED) is 0.298. The standard InChI is InChI=1S/C18H17Cl2N3O4/c1-12(13-4-7-15(8-5-13)23(25)26)21-22-18(24)3-2-10-27-17-9-6-14(19)11-16(17)20/h4-9,11H,2-3,10H2,1H3,(H,22,24)/b21-12-. The molecule has 0 unspecified atom stereocenters. The lowest BCUT2D eigenvalue weighted by Gasteiger charge is -2.08. The molecule has 2 aromatic rings. The summed E-state index contributed by atoms with van der Waals surface area (Å²) in [6.07, 6.45) is 0.707. The molecule has 142 valence electrons. The average Bonchev–Trinajstić information content (AvgIpc) is 2.64. The minimum Gasteiger partial charge on any atom is -0.492 e. The Balaban J connectivity index is 1.76. The number of hydrogen-bond acceptors (Lipinski definition) is 5. The smallest absolute Gasteiger partial charge is 0.269 e. The van der Waals surface area contributed by atoms with E-state index in [2.05, 4.69) is 10.5 Å². The van der Waals surface area contributed by atoms with E-state index in [9.17, 15) is 14.9 Å². The Morgan fingerprint density at radius 2 is 1.93 bits per heavy atom. The molecule has 1 N–H and O–H groups in total. The Kier molecular flexibility index (Phi) is 7.57. The number of benzene rings is 2. The zero-order chi connectivity index (χ0) is 19.8. The van der Waals surface area contributed by atoms with Gasteiger partial charge in [-0.3, -0.25) is 14.9 Å². The fraction of sp³-hybridized carbons (Fsp3) is 0.222. The molecule has 0 heterocycles. The van der Waals surface area contributed by atoms with Gasteiger partial charge in [0.25, 0.3) is 5.69 Å². The van der Waals surface area contributed by atoms with Crippen LogP contribution in [0, 0.1) is 10.1 Å². The van der Waals surface area contributed by atoms with Crippen LogP contribution in [-0.2, 0) is 4.79 Å². The van der Waals surface area contributed by atoms with Crippen molar-refractivity contribution in [3.8, 4) is 5.75 Å². The van der Waals surface area contributed by atoms with Gasteiger partial charge in [-0.05, 0) is 49.2 Å². The monoisotopic (exact) mass is 409 g/mol. The summed E-state index contributed by atoms with van der Waals surface area (Å²) in [6.45, 7) is 2.02. The molecule has 0 saturated heterocycles. The predicted molar refractivity (Wildman–Crippen MR) is 105 cm³/mol. The summed E-state index contributed by atoms with van der Waals surface area (Å²) in [4.78, 5) is 22.0. The molecule has 0 spiro atoms. The summed E-state index contributed by atoms with van der Waals surface area (Å²) < 4.78 is 5.51. The molecule has 0 aliphatic carbocycles. The minimum absolute atomic E-state index is 0.00336. The van der Waals surface area contributed by atoms with E-state index >= 15 is 0 Å². The highest BCUT2D eigenvalue weighted by Gasteiger charge is 2.07. The van der Waals surface area contributed by atoms with Crippen molar-refractivity contribution < 1.29 is 14.5 Å². The lowest BCUT2D eigenvalue weighted by Crippen LogP contribution is -2.19. The maximum Gasteiger partial charge on any atom is 0.269 e. The van der Waals surface area contributed by atoms with Crippen molar-refractivity contribution in [3.63, 3.8) is 0 Å². The number of nitro groups is 1.